The van der Waals surface area contributed by atoms with E-state index in [4.69, 9.17) is 0 Å². The average Bonchev–Trinajstić information content (AvgIpc) is 2.49. The Morgan fingerprint density at radius 1 is 0.314 bits per heavy atom. The van der Waals surface area contributed by atoms with Gasteiger partial charge in [-0.3, -0.25) is 0 Å². The molecular weight excluding hydrogens is 781 g/mol. The molecule has 0 unspecified atom stereocenters. The summed E-state index contributed by atoms with van der Waals surface area (Å²) in [6, 6.07) is 0. The van der Waals surface area contributed by atoms with Gasteiger partial charge in [0.05, 0.1) is 13.3 Å². The van der Waals surface area contributed by atoms with Crippen LogP contribution in [0.4, 0.5) is 87.8 Å². The molecule has 0 aromatic heterocycles. The molecule has 0 aliphatic rings. The van der Waals surface area contributed by atoms with Gasteiger partial charge in [-0.05, 0) is 0 Å². The molecule has 0 fully saturated rings. The number of halogens is 20. The third kappa shape index (κ3) is 9.76. The summed E-state index contributed by atoms with van der Waals surface area (Å²) in [5, 5.41) is 0. The van der Waals surface area contributed by atoms with Gasteiger partial charge in [0, 0.05) is 0 Å². The van der Waals surface area contributed by atoms with Crippen LogP contribution in [0.5, 0.6) is 0 Å². The van der Waals surface area contributed by atoms with Crippen LogP contribution in [0, 0.1) is 14.9 Å². The summed E-state index contributed by atoms with van der Waals surface area (Å²) in [5.74, 6) is 0. The molecule has 0 aromatic carbocycles. The quantitative estimate of drug-likeness (QED) is 0.151. The molecule has 0 rings (SSSR count). The first kappa shape index (κ1) is 45.1. The molecule has 220 valence electrons. The fraction of sp³-hybridized carbons (Fsp3) is 0.833. The van der Waals surface area contributed by atoms with Crippen LogP contribution in [0.3, 0.4) is 0 Å². The van der Waals surface area contributed by atoms with Crippen LogP contribution in [0.25, 0.3) is 0 Å². The van der Waals surface area contributed by atoms with Crippen LogP contribution >= 0.6 is 15.8 Å². The summed E-state index contributed by atoms with van der Waals surface area (Å²) in [4.78, 5) is 0. The zero-order valence-corrected chi connectivity index (χ0v) is 21.1. The van der Waals surface area contributed by atoms with Crippen molar-refractivity contribution in [2.24, 2.45) is 0 Å². The Morgan fingerprint density at radius 2 is 0.400 bits per heavy atom. The number of hydrogen-bond acceptors (Lipinski definition) is 0. The van der Waals surface area contributed by atoms with Crippen LogP contribution < -0.4 is 0 Å². The van der Waals surface area contributed by atoms with Gasteiger partial charge in [-0.25, -0.2) is 0 Å². The van der Waals surface area contributed by atoms with Crippen molar-refractivity contribution in [1.29, 1.82) is 0 Å². The van der Waals surface area contributed by atoms with Crippen molar-refractivity contribution in [2.75, 3.05) is 13.3 Å². The first-order valence-electron chi connectivity index (χ1n) is 6.78. The Bertz CT molecular complexity index is 510. The smallest absolute Gasteiger partial charge is 0.358 e. The van der Waals surface area contributed by atoms with E-state index in [0.29, 0.717) is 0 Å². The van der Waals surface area contributed by atoms with Gasteiger partial charge in [-0.15, -0.1) is 0 Å². The van der Waals surface area contributed by atoms with E-state index in [1.165, 1.54) is 0 Å². The van der Waals surface area contributed by atoms with E-state index in [9.17, 15) is 87.8 Å². The van der Waals surface area contributed by atoms with Gasteiger partial charge in [0.15, 0.2) is 15.8 Å². The van der Waals surface area contributed by atoms with Crippen molar-refractivity contribution in [3.63, 3.8) is 0 Å². The topological polar surface area (TPSA) is 0 Å². The van der Waals surface area contributed by atoms with Gasteiger partial charge in [-0.1, -0.05) is 0 Å². The second-order valence-corrected chi connectivity index (χ2v) is 10.6. The van der Waals surface area contributed by atoms with Crippen LogP contribution in [-0.4, -0.2) is 60.7 Å². The molecule has 35 heavy (non-hydrogen) atoms. The van der Waals surface area contributed by atoms with Crippen molar-refractivity contribution in [3.8, 4) is 0 Å². The molecule has 0 radical (unpaired) electrons. The molecule has 0 N–H and O–H groups in total. The van der Waals surface area contributed by atoms with Gasteiger partial charge in [0.25, 0.3) is 0 Å². The zero-order valence-electron chi connectivity index (χ0n) is 16.9. The predicted octanol–water partition coefficient (Wildman–Crippen LogP) is 9.18. The summed E-state index contributed by atoms with van der Waals surface area (Å²) < 4.78 is 237. The number of rotatable bonds is 4. The standard InChI is InChI=1S/2C5H3F10P.2CH3.Pt/c2*1-16(4(12,13)2(6,7)8)5(14,15)3(9,10)11;;;/h2*1H3;2*1H3;/q;;2*-1;+2/p+2. The van der Waals surface area contributed by atoms with Crippen molar-refractivity contribution in [2.45, 2.75) is 47.4 Å². The van der Waals surface area contributed by atoms with Crippen molar-refractivity contribution in [3.05, 3.63) is 14.9 Å². The number of alkyl halides is 20. The van der Waals surface area contributed by atoms with Crippen LogP contribution in [0.1, 0.15) is 0 Å². The average molecular weight is 795 g/mol. The van der Waals surface area contributed by atoms with Crippen molar-refractivity contribution < 1.29 is 109 Å². The SMILES string of the molecule is C[PH+](C(F)(F)C(F)(F)F)C(F)(F)C(F)(F)F.C[PH+](C(F)(F)C(F)(F)F)C(F)(F)C(F)(F)F.[CH3-].[CH3-].[Pt+2]. The van der Waals surface area contributed by atoms with E-state index in [1.807, 2.05) is 0 Å². The van der Waals surface area contributed by atoms with Crippen molar-refractivity contribution >= 4 is 15.8 Å². The van der Waals surface area contributed by atoms with Crippen LogP contribution in [0.2, 0.25) is 0 Å². The minimum Gasteiger partial charge on any atom is -0.358 e. The summed E-state index contributed by atoms with van der Waals surface area (Å²) in [6.07, 6.45) is -25.7. The molecule has 23 heteroatoms. The number of hydrogen-bond donors (Lipinski definition) is 0. The monoisotopic (exact) mass is 795 g/mol. The summed E-state index contributed by atoms with van der Waals surface area (Å²) in [5.41, 5.74) is -24.1. The van der Waals surface area contributed by atoms with Gasteiger partial charge in [0.2, 0.25) is 0 Å². The maximum Gasteiger partial charge on any atom is 2.00 e. The largest absolute Gasteiger partial charge is 2.00 e. The molecule has 0 nitrogen and oxygen atoms in total. The Labute approximate surface area is 200 Å². The molecule has 0 spiro atoms. The maximum absolute atomic E-state index is 12.3. The minimum absolute atomic E-state index is 0. The molecule has 0 aromatic rings. The predicted molar refractivity (Wildman–Crippen MR) is 85.3 cm³/mol. The normalized spacial score (nSPS) is 14.4. The van der Waals surface area contributed by atoms with Crippen LogP contribution in [0.15, 0.2) is 0 Å². The second-order valence-electron chi connectivity index (χ2n) is 5.54. The first-order chi connectivity index (χ1) is 13.3. The van der Waals surface area contributed by atoms with Crippen LogP contribution in [-0.2, 0) is 21.1 Å². The minimum atomic E-state index is -6.43. The fourth-order valence-corrected chi connectivity index (χ4v) is 3.73. The first-order valence-corrected chi connectivity index (χ1v) is 10.8. The molecule has 0 aliphatic carbocycles. The molecule has 0 saturated heterocycles. The third-order valence-electron chi connectivity index (χ3n) is 3.31. The second kappa shape index (κ2) is 12.8. The Kier molecular flexibility index (Phi) is 16.5. The molecule has 0 heterocycles. The summed E-state index contributed by atoms with van der Waals surface area (Å²) >= 11 is 0. The van der Waals surface area contributed by atoms with E-state index < -0.39 is 76.5 Å². The molecule has 0 atom stereocenters. The van der Waals surface area contributed by atoms with Gasteiger partial charge >= 0.3 is 68.4 Å². The zero-order chi connectivity index (χ0) is 27.2. The summed E-state index contributed by atoms with van der Waals surface area (Å²) in [7, 11) is -10.7. The molecule has 0 saturated carbocycles. The van der Waals surface area contributed by atoms with E-state index >= 15 is 0 Å². The van der Waals surface area contributed by atoms with E-state index in [2.05, 4.69) is 0 Å². The molecule has 0 aliphatic heterocycles. The molecule has 0 bridgehead atoms. The van der Waals surface area contributed by atoms with E-state index in [1.54, 1.807) is 0 Å². The maximum atomic E-state index is 12.3. The molecule has 0 amide bonds. The van der Waals surface area contributed by atoms with E-state index in [-0.39, 0.29) is 35.9 Å². The Hall–Kier alpha value is 0.148. The van der Waals surface area contributed by atoms with Crippen molar-refractivity contribution in [1.82, 2.24) is 0 Å². The summed E-state index contributed by atoms with van der Waals surface area (Å²) in [6.45, 7) is -0.822. The third-order valence-corrected chi connectivity index (χ3v) is 8.21. The molecular formula is C12H14F20P2Pt+2. The van der Waals surface area contributed by atoms with Gasteiger partial charge in [-0.2, -0.15) is 87.8 Å². The fourth-order valence-electron chi connectivity index (χ4n) is 1.24. The van der Waals surface area contributed by atoms with Gasteiger partial charge < -0.3 is 14.9 Å². The van der Waals surface area contributed by atoms with Gasteiger partial charge in [0.1, 0.15) is 0 Å². The Balaban J connectivity index is -0.000000158. The Morgan fingerprint density at radius 3 is 0.457 bits per heavy atom. The van der Waals surface area contributed by atoms with E-state index in [0.717, 1.165) is 0 Å².